The van der Waals surface area contributed by atoms with Crippen LogP contribution in [0.2, 0.25) is 0 Å². The summed E-state index contributed by atoms with van der Waals surface area (Å²) < 4.78 is 22.1. The Morgan fingerprint density at radius 3 is 2.18 bits per heavy atom. The highest BCUT2D eigenvalue weighted by Gasteiger charge is 2.19. The molecular weight excluding hydrogens is 242 g/mol. The van der Waals surface area contributed by atoms with Gasteiger partial charge in [-0.2, -0.15) is 0 Å². The molecule has 0 bridgehead atoms. The molecule has 0 aromatic heterocycles. The number of amides is 1. The van der Waals surface area contributed by atoms with E-state index in [-0.39, 0.29) is 17.7 Å². The van der Waals surface area contributed by atoms with Crippen LogP contribution in [-0.2, 0) is 14.6 Å². The topological polar surface area (TPSA) is 83.7 Å². The molecule has 0 radical (unpaired) electrons. The molecule has 0 fully saturated rings. The summed E-state index contributed by atoms with van der Waals surface area (Å²) in [7, 11) is 2.17. The number of likely N-dealkylation sites (N-methyl/N-ethyl adjacent to an activating group) is 1. The van der Waals surface area contributed by atoms with Gasteiger partial charge in [-0.15, -0.1) is 0 Å². The van der Waals surface area contributed by atoms with E-state index >= 15 is 0 Å². The van der Waals surface area contributed by atoms with Crippen molar-refractivity contribution in [1.82, 2.24) is 9.80 Å². The zero-order valence-electron chi connectivity index (χ0n) is 11.0. The third-order valence-electron chi connectivity index (χ3n) is 2.62. The molecule has 0 aliphatic heterocycles. The average Bonchev–Trinajstić information content (AvgIpc) is 2.20. The summed E-state index contributed by atoms with van der Waals surface area (Å²) >= 11 is 0. The van der Waals surface area contributed by atoms with Crippen molar-refractivity contribution in [3.05, 3.63) is 0 Å². The van der Waals surface area contributed by atoms with E-state index in [1.165, 1.54) is 11.2 Å². The second-order valence-electron chi connectivity index (χ2n) is 4.49. The maximum Gasteiger partial charge on any atom is 0.223 e. The van der Waals surface area contributed by atoms with Crippen molar-refractivity contribution in [2.75, 3.05) is 46.2 Å². The minimum Gasteiger partial charge on any atom is -0.349 e. The molecule has 0 aliphatic carbocycles. The molecule has 0 heterocycles. The first-order valence-electron chi connectivity index (χ1n) is 5.45. The summed E-state index contributed by atoms with van der Waals surface area (Å²) in [5.74, 6) is 0.0718. The highest BCUT2D eigenvalue weighted by atomic mass is 32.2. The number of nitrogens with zero attached hydrogens (tertiary/aromatic N) is 2. The number of rotatable bonds is 7. The van der Waals surface area contributed by atoms with Gasteiger partial charge in [0, 0.05) is 45.9 Å². The van der Waals surface area contributed by atoms with Crippen LogP contribution in [0.25, 0.3) is 0 Å². The Morgan fingerprint density at radius 2 is 1.82 bits per heavy atom. The van der Waals surface area contributed by atoms with E-state index in [2.05, 4.69) is 0 Å². The Bertz CT molecular complexity index is 341. The van der Waals surface area contributed by atoms with Gasteiger partial charge < -0.3 is 15.5 Å². The molecule has 0 rings (SSSR count). The van der Waals surface area contributed by atoms with E-state index in [0.29, 0.717) is 19.5 Å². The first-order valence-corrected chi connectivity index (χ1v) is 7.51. The number of carbonyl (C=O) groups excluding carboxylic acids is 1. The molecule has 7 heteroatoms. The van der Waals surface area contributed by atoms with Gasteiger partial charge in [-0.1, -0.05) is 0 Å². The van der Waals surface area contributed by atoms with Crippen LogP contribution < -0.4 is 5.73 Å². The van der Waals surface area contributed by atoms with E-state index < -0.39 is 9.84 Å². The molecule has 0 saturated heterocycles. The molecule has 1 unspecified atom stereocenters. The van der Waals surface area contributed by atoms with Gasteiger partial charge in [-0.25, -0.2) is 8.42 Å². The monoisotopic (exact) mass is 265 g/mol. The summed E-state index contributed by atoms with van der Waals surface area (Å²) in [6.45, 7) is 0.723. The number of hydrogen-bond donors (Lipinski definition) is 1. The highest BCUT2D eigenvalue weighted by molar-refractivity contribution is 7.90. The molecule has 0 spiro atoms. The van der Waals surface area contributed by atoms with Gasteiger partial charge in [0.05, 0.1) is 5.75 Å². The number of hydrogen-bond acceptors (Lipinski definition) is 5. The van der Waals surface area contributed by atoms with Crippen molar-refractivity contribution in [2.24, 2.45) is 5.73 Å². The fourth-order valence-electron chi connectivity index (χ4n) is 1.30. The summed E-state index contributed by atoms with van der Waals surface area (Å²) in [5.41, 5.74) is 5.60. The first-order chi connectivity index (χ1) is 7.67. The van der Waals surface area contributed by atoms with Gasteiger partial charge in [-0.05, 0) is 7.05 Å². The quantitative estimate of drug-likeness (QED) is 0.623. The van der Waals surface area contributed by atoms with Crippen LogP contribution >= 0.6 is 0 Å². The normalized spacial score (nSPS) is 13.8. The Morgan fingerprint density at radius 1 is 1.29 bits per heavy atom. The van der Waals surface area contributed by atoms with Crippen molar-refractivity contribution in [2.45, 2.75) is 12.5 Å². The second kappa shape index (κ2) is 6.93. The van der Waals surface area contributed by atoms with Crippen molar-refractivity contribution in [1.29, 1.82) is 0 Å². The third kappa shape index (κ3) is 7.30. The predicted molar refractivity (Wildman–Crippen MR) is 68.5 cm³/mol. The van der Waals surface area contributed by atoms with Crippen molar-refractivity contribution < 1.29 is 13.2 Å². The van der Waals surface area contributed by atoms with Crippen LogP contribution in [0.5, 0.6) is 0 Å². The van der Waals surface area contributed by atoms with Crippen LogP contribution in [0.15, 0.2) is 0 Å². The lowest BCUT2D eigenvalue weighted by atomic mass is 10.1. The molecule has 0 aliphatic rings. The molecule has 6 nitrogen and oxygen atoms in total. The average molecular weight is 265 g/mol. The summed E-state index contributed by atoms with van der Waals surface area (Å²) in [6.07, 6.45) is 1.51. The van der Waals surface area contributed by atoms with Gasteiger partial charge >= 0.3 is 0 Å². The smallest absolute Gasteiger partial charge is 0.223 e. The lowest BCUT2D eigenvalue weighted by Gasteiger charge is -2.27. The van der Waals surface area contributed by atoms with Crippen LogP contribution in [0.3, 0.4) is 0 Å². The molecule has 0 aromatic carbocycles. The Kier molecular flexibility index (Phi) is 6.66. The fourth-order valence-corrected chi connectivity index (χ4v) is 1.92. The molecule has 0 saturated carbocycles. The molecular formula is C10H23N3O3S. The maximum atomic E-state index is 11.5. The Balaban J connectivity index is 4.31. The molecule has 17 heavy (non-hydrogen) atoms. The van der Waals surface area contributed by atoms with E-state index in [4.69, 9.17) is 5.73 Å². The second-order valence-corrected chi connectivity index (χ2v) is 6.75. The maximum absolute atomic E-state index is 11.5. The van der Waals surface area contributed by atoms with Gasteiger partial charge in [0.2, 0.25) is 5.91 Å². The van der Waals surface area contributed by atoms with Crippen LogP contribution in [0.1, 0.15) is 6.42 Å². The minimum absolute atomic E-state index is 0.00773. The number of sulfone groups is 1. The van der Waals surface area contributed by atoms with Gasteiger partial charge in [0.1, 0.15) is 9.84 Å². The molecule has 2 N–H and O–H groups in total. The van der Waals surface area contributed by atoms with E-state index in [1.54, 1.807) is 21.1 Å². The minimum atomic E-state index is -2.98. The molecule has 0 aromatic rings. The largest absolute Gasteiger partial charge is 0.349 e. The summed E-state index contributed by atoms with van der Waals surface area (Å²) in [6, 6.07) is -0.119. The summed E-state index contributed by atoms with van der Waals surface area (Å²) in [4.78, 5) is 14.9. The third-order valence-corrected chi connectivity index (χ3v) is 3.54. The van der Waals surface area contributed by atoms with Crippen LogP contribution in [0, 0.1) is 0 Å². The van der Waals surface area contributed by atoms with Crippen LogP contribution in [0.4, 0.5) is 0 Å². The van der Waals surface area contributed by atoms with Crippen molar-refractivity contribution in [3.8, 4) is 0 Å². The molecule has 1 atom stereocenters. The molecule has 102 valence electrons. The van der Waals surface area contributed by atoms with Gasteiger partial charge in [-0.3, -0.25) is 4.79 Å². The van der Waals surface area contributed by atoms with E-state index in [9.17, 15) is 13.2 Å². The van der Waals surface area contributed by atoms with Crippen molar-refractivity contribution >= 4 is 15.7 Å². The Hall–Kier alpha value is -0.660. The number of carbonyl (C=O) groups is 1. The highest BCUT2D eigenvalue weighted by Crippen LogP contribution is 2.03. The standard InChI is InChI=1S/C10H23N3O3S/c1-12(2)10(14)7-9(8-11)13(3)5-6-17(4,15)16/h9H,5-8,11H2,1-4H3. The first kappa shape index (κ1) is 16.3. The van der Waals surface area contributed by atoms with E-state index in [0.717, 1.165) is 0 Å². The SMILES string of the molecule is CN(C)C(=O)CC(CN)N(C)CCS(C)(=O)=O. The zero-order valence-corrected chi connectivity index (χ0v) is 11.8. The van der Waals surface area contributed by atoms with Gasteiger partial charge in [0.25, 0.3) is 0 Å². The summed E-state index contributed by atoms with van der Waals surface area (Å²) in [5, 5.41) is 0. The zero-order chi connectivity index (χ0) is 13.6. The van der Waals surface area contributed by atoms with E-state index in [1.807, 2.05) is 4.90 Å². The lowest BCUT2D eigenvalue weighted by molar-refractivity contribution is -0.129. The van der Waals surface area contributed by atoms with Crippen molar-refractivity contribution in [3.63, 3.8) is 0 Å². The predicted octanol–water partition coefficient (Wildman–Crippen LogP) is -1.23. The fraction of sp³-hybridized carbons (Fsp3) is 0.900. The van der Waals surface area contributed by atoms with Gasteiger partial charge in [0.15, 0.2) is 0 Å². The van der Waals surface area contributed by atoms with Crippen LogP contribution in [-0.4, -0.2) is 76.4 Å². The Labute approximate surface area is 104 Å². The lowest BCUT2D eigenvalue weighted by Crippen LogP contribution is -2.43. The number of nitrogens with two attached hydrogens (primary N) is 1. The molecule has 1 amide bonds.